The first-order valence-corrected chi connectivity index (χ1v) is 12.0. The lowest BCUT2D eigenvalue weighted by Crippen LogP contribution is -2.49. The highest BCUT2D eigenvalue weighted by Crippen LogP contribution is 2.20. The summed E-state index contributed by atoms with van der Waals surface area (Å²) in [6.45, 7) is 6.48. The molecule has 10 nitrogen and oxygen atoms in total. The first-order valence-electron chi connectivity index (χ1n) is 11.2. The normalized spacial score (nSPS) is 19.6. The monoisotopic (exact) mass is 458 g/mol. The number of piperidine rings is 1. The molecule has 0 bridgehead atoms. The number of thiazole rings is 1. The second kappa shape index (κ2) is 11.2. The molecule has 0 spiro atoms. The van der Waals surface area contributed by atoms with Crippen LogP contribution in [0, 0.1) is 5.92 Å². The van der Waals surface area contributed by atoms with E-state index in [1.54, 1.807) is 23.5 Å². The van der Waals surface area contributed by atoms with Gasteiger partial charge >= 0.3 is 6.03 Å². The van der Waals surface area contributed by atoms with Crippen LogP contribution >= 0.6 is 11.3 Å². The molecule has 1 atom stereocenters. The van der Waals surface area contributed by atoms with E-state index in [1.165, 1.54) is 11.3 Å². The number of nitrogens with zero attached hydrogens (tertiary/aromatic N) is 6. The smallest absolute Gasteiger partial charge is 0.317 e. The van der Waals surface area contributed by atoms with Crippen LogP contribution < -0.4 is 15.5 Å². The molecule has 4 rings (SSSR count). The van der Waals surface area contributed by atoms with Crippen LogP contribution in [-0.2, 0) is 4.79 Å². The number of anilines is 2. The molecule has 2 saturated heterocycles. The quantitative estimate of drug-likeness (QED) is 0.606. The van der Waals surface area contributed by atoms with Crippen molar-refractivity contribution in [1.29, 1.82) is 0 Å². The maximum atomic E-state index is 12.6. The van der Waals surface area contributed by atoms with Gasteiger partial charge in [0.25, 0.3) is 0 Å². The van der Waals surface area contributed by atoms with Gasteiger partial charge in [0.2, 0.25) is 11.9 Å². The van der Waals surface area contributed by atoms with Crippen molar-refractivity contribution in [2.24, 2.45) is 5.92 Å². The molecule has 0 saturated carbocycles. The van der Waals surface area contributed by atoms with E-state index in [0.29, 0.717) is 24.8 Å². The van der Waals surface area contributed by atoms with Crippen LogP contribution in [0.5, 0.6) is 0 Å². The summed E-state index contributed by atoms with van der Waals surface area (Å²) in [7, 11) is 0. The van der Waals surface area contributed by atoms with E-state index in [9.17, 15) is 9.59 Å². The van der Waals surface area contributed by atoms with Gasteiger partial charge in [0, 0.05) is 69.8 Å². The largest absolute Gasteiger partial charge is 0.338 e. The Labute approximate surface area is 192 Å². The number of hydrogen-bond acceptors (Lipinski definition) is 8. The zero-order valence-electron chi connectivity index (χ0n) is 18.2. The molecule has 0 aromatic carbocycles. The zero-order chi connectivity index (χ0) is 22.2. The van der Waals surface area contributed by atoms with Gasteiger partial charge in [-0.2, -0.15) is 0 Å². The third-order valence-electron chi connectivity index (χ3n) is 5.88. The second-order valence-electron chi connectivity index (χ2n) is 8.07. The minimum atomic E-state index is -0.191. The Morgan fingerprint density at radius 3 is 2.62 bits per heavy atom. The van der Waals surface area contributed by atoms with Gasteiger partial charge in [0.15, 0.2) is 5.13 Å². The molecule has 3 amide bonds. The summed E-state index contributed by atoms with van der Waals surface area (Å²) in [5.74, 6) is 0.542. The Hall–Kier alpha value is -2.79. The number of rotatable bonds is 7. The van der Waals surface area contributed by atoms with Crippen molar-refractivity contribution in [3.8, 4) is 0 Å². The summed E-state index contributed by atoms with van der Waals surface area (Å²) < 4.78 is 0. The van der Waals surface area contributed by atoms with Crippen LogP contribution in [0.2, 0.25) is 0 Å². The number of likely N-dealkylation sites (tertiary alicyclic amines) is 1. The van der Waals surface area contributed by atoms with E-state index >= 15 is 0 Å². The van der Waals surface area contributed by atoms with Gasteiger partial charge < -0.3 is 20.4 Å². The van der Waals surface area contributed by atoms with Crippen LogP contribution in [0.1, 0.15) is 19.3 Å². The number of urea groups is 1. The van der Waals surface area contributed by atoms with Crippen LogP contribution in [0.3, 0.4) is 0 Å². The average Bonchev–Trinajstić information content (AvgIpc) is 3.36. The summed E-state index contributed by atoms with van der Waals surface area (Å²) in [6, 6.07) is 1.75. The lowest BCUT2D eigenvalue weighted by molar-refractivity contribution is -0.121. The summed E-state index contributed by atoms with van der Waals surface area (Å²) >= 11 is 1.40. The fourth-order valence-corrected chi connectivity index (χ4v) is 4.64. The predicted molar refractivity (Wildman–Crippen MR) is 124 cm³/mol. The van der Waals surface area contributed by atoms with E-state index in [1.807, 2.05) is 11.4 Å². The van der Waals surface area contributed by atoms with Crippen molar-refractivity contribution < 1.29 is 9.59 Å². The molecule has 2 aromatic heterocycles. The second-order valence-corrected chi connectivity index (χ2v) is 8.97. The molecular weight excluding hydrogens is 428 g/mol. The highest BCUT2D eigenvalue weighted by atomic mass is 32.1. The van der Waals surface area contributed by atoms with E-state index in [-0.39, 0.29) is 17.9 Å². The summed E-state index contributed by atoms with van der Waals surface area (Å²) in [5, 5.41) is 8.30. The zero-order valence-corrected chi connectivity index (χ0v) is 19.0. The van der Waals surface area contributed by atoms with Gasteiger partial charge in [-0.25, -0.2) is 19.7 Å². The van der Waals surface area contributed by atoms with Gasteiger partial charge in [-0.05, 0) is 31.9 Å². The van der Waals surface area contributed by atoms with Crippen molar-refractivity contribution in [1.82, 2.24) is 30.1 Å². The molecule has 0 radical (unpaired) electrons. The Morgan fingerprint density at radius 1 is 1.06 bits per heavy atom. The molecule has 0 aliphatic carbocycles. The molecule has 11 heteroatoms. The van der Waals surface area contributed by atoms with Crippen LogP contribution in [0.25, 0.3) is 0 Å². The summed E-state index contributed by atoms with van der Waals surface area (Å²) in [4.78, 5) is 44.1. The molecular formula is C21H30N8O2S. The lowest BCUT2D eigenvalue weighted by Gasteiger charge is -2.34. The highest BCUT2D eigenvalue weighted by molar-refractivity contribution is 7.13. The van der Waals surface area contributed by atoms with Crippen LogP contribution in [0.4, 0.5) is 15.9 Å². The molecule has 1 unspecified atom stereocenters. The lowest BCUT2D eigenvalue weighted by atomic mass is 9.97. The minimum absolute atomic E-state index is 0.0579. The van der Waals surface area contributed by atoms with Gasteiger partial charge in [-0.3, -0.25) is 9.69 Å². The van der Waals surface area contributed by atoms with E-state index < -0.39 is 0 Å². The number of nitrogens with one attached hydrogen (secondary N) is 2. The van der Waals surface area contributed by atoms with Crippen molar-refractivity contribution in [3.63, 3.8) is 0 Å². The number of aromatic nitrogens is 3. The van der Waals surface area contributed by atoms with Gasteiger partial charge in [0.05, 0.1) is 5.92 Å². The van der Waals surface area contributed by atoms with Crippen LogP contribution in [-0.4, -0.2) is 89.0 Å². The van der Waals surface area contributed by atoms with Crippen LogP contribution in [0.15, 0.2) is 30.0 Å². The molecule has 2 N–H and O–H groups in total. The molecule has 172 valence electrons. The molecule has 2 fully saturated rings. The minimum Gasteiger partial charge on any atom is -0.338 e. The first kappa shape index (κ1) is 22.4. The molecule has 2 aliphatic heterocycles. The van der Waals surface area contributed by atoms with Crippen molar-refractivity contribution in [2.75, 3.05) is 62.6 Å². The average molecular weight is 459 g/mol. The maximum Gasteiger partial charge on any atom is 0.317 e. The summed E-state index contributed by atoms with van der Waals surface area (Å²) in [6.07, 6.45) is 7.73. The molecule has 32 heavy (non-hydrogen) atoms. The number of amides is 3. The Balaban J connectivity index is 1.12. The number of carbonyl (C=O) groups is 2. The van der Waals surface area contributed by atoms with Crippen molar-refractivity contribution in [3.05, 3.63) is 30.0 Å². The van der Waals surface area contributed by atoms with Crippen molar-refractivity contribution >= 4 is 34.4 Å². The Kier molecular flexibility index (Phi) is 7.83. The van der Waals surface area contributed by atoms with Gasteiger partial charge in [-0.1, -0.05) is 0 Å². The van der Waals surface area contributed by atoms with Gasteiger partial charge in [-0.15, -0.1) is 11.3 Å². The molecule has 2 aliphatic rings. The molecule has 4 heterocycles. The molecule has 2 aromatic rings. The third kappa shape index (κ3) is 6.13. The van der Waals surface area contributed by atoms with Crippen molar-refractivity contribution in [2.45, 2.75) is 19.3 Å². The van der Waals surface area contributed by atoms with E-state index in [0.717, 1.165) is 57.9 Å². The Bertz CT molecular complexity index is 858. The number of piperazine rings is 1. The fourth-order valence-electron chi connectivity index (χ4n) is 4.10. The predicted octanol–water partition coefficient (Wildman–Crippen LogP) is 1.51. The highest BCUT2D eigenvalue weighted by Gasteiger charge is 2.28. The summed E-state index contributed by atoms with van der Waals surface area (Å²) in [5.41, 5.74) is 0. The van der Waals surface area contributed by atoms with E-state index in [4.69, 9.17) is 0 Å². The topological polar surface area (TPSA) is 107 Å². The number of carbonyl (C=O) groups excluding carboxylic acids is 2. The SMILES string of the molecule is O=C(Nc1nccs1)C1CCCN(C(=O)NCCCN2CCN(c3ncccn3)CC2)C1. The first-order chi connectivity index (χ1) is 15.7. The standard InChI is InChI=1S/C21H30N8O2S/c30-18(26-20-24-8-15-32-20)17-4-1-10-29(16-17)21(31)25-7-3-9-27-11-13-28(14-12-27)19-22-5-2-6-23-19/h2,5-6,8,15,17H,1,3-4,7,9-14,16H2,(H,25,31)(H,24,26,30). The Morgan fingerprint density at radius 2 is 1.88 bits per heavy atom. The number of hydrogen-bond donors (Lipinski definition) is 2. The third-order valence-corrected chi connectivity index (χ3v) is 6.56. The maximum absolute atomic E-state index is 12.6. The van der Waals surface area contributed by atoms with E-state index in [2.05, 4.69) is 35.4 Å². The fraction of sp³-hybridized carbons (Fsp3) is 0.571. The van der Waals surface area contributed by atoms with Gasteiger partial charge in [0.1, 0.15) is 0 Å².